The molecule has 3 aromatic carbocycles. The average molecular weight is 801 g/mol. The number of carbonyl (C=O) groups excluding carboxylic acids is 5. The average Bonchev–Trinajstić information content (AvgIpc) is 3.73. The molecule has 5 aliphatic rings. The Labute approximate surface area is 345 Å². The van der Waals surface area contributed by atoms with Gasteiger partial charge >= 0.3 is 0 Å². The third-order valence-corrected chi connectivity index (χ3v) is 13.6. The van der Waals surface area contributed by atoms with Crippen molar-refractivity contribution in [1.82, 2.24) is 20.4 Å². The fourth-order valence-electron chi connectivity index (χ4n) is 10.6. The lowest BCUT2D eigenvalue weighted by atomic mass is 9.49. The van der Waals surface area contributed by atoms with Crippen LogP contribution in [0.3, 0.4) is 0 Å². The van der Waals surface area contributed by atoms with Crippen molar-refractivity contribution in [2.24, 2.45) is 10.8 Å². The molecule has 3 fully saturated rings. The van der Waals surface area contributed by atoms with Crippen LogP contribution in [-0.4, -0.2) is 89.9 Å². The van der Waals surface area contributed by atoms with Crippen molar-refractivity contribution in [2.75, 3.05) is 31.6 Å². The normalized spacial score (nSPS) is 24.2. The van der Waals surface area contributed by atoms with Gasteiger partial charge in [-0.3, -0.25) is 39.1 Å². The molecule has 0 aromatic heterocycles. The zero-order valence-corrected chi connectivity index (χ0v) is 34.6. The number of fused-ring (bicyclic) bond motifs is 2. The number of benzene rings is 3. The Kier molecular flexibility index (Phi) is 10.2. The molecule has 0 bridgehead atoms. The zero-order chi connectivity index (χ0) is 42.0. The topological polar surface area (TPSA) is 161 Å². The number of anilines is 1. The van der Waals surface area contributed by atoms with E-state index in [9.17, 15) is 29.2 Å². The van der Waals surface area contributed by atoms with Crippen molar-refractivity contribution in [2.45, 2.75) is 104 Å². The molecule has 8 rings (SSSR count). The number of ether oxygens (including phenoxy) is 2. The molecule has 1 unspecified atom stereocenters. The summed E-state index contributed by atoms with van der Waals surface area (Å²) in [6.07, 6.45) is 2.40. The van der Waals surface area contributed by atoms with Crippen molar-refractivity contribution >= 4 is 35.2 Å². The Morgan fingerprint density at radius 3 is 2.10 bits per heavy atom. The van der Waals surface area contributed by atoms with Gasteiger partial charge in [-0.15, -0.1) is 0 Å². The van der Waals surface area contributed by atoms with Crippen molar-refractivity contribution in [3.63, 3.8) is 0 Å². The summed E-state index contributed by atoms with van der Waals surface area (Å²) in [5.74, 6) is -1.39. The summed E-state index contributed by atoms with van der Waals surface area (Å²) in [4.78, 5) is 70.2. The summed E-state index contributed by atoms with van der Waals surface area (Å²) >= 11 is 0. The number of nitriles is 1. The second kappa shape index (κ2) is 14.9. The Morgan fingerprint density at radius 1 is 0.915 bits per heavy atom. The molecule has 0 radical (unpaired) electrons. The molecule has 2 saturated heterocycles. The third kappa shape index (κ3) is 6.96. The fourth-order valence-corrected chi connectivity index (χ4v) is 10.6. The van der Waals surface area contributed by atoms with E-state index in [1.165, 1.54) is 0 Å². The molecule has 0 spiro atoms. The molecule has 1 aliphatic carbocycles. The summed E-state index contributed by atoms with van der Waals surface area (Å²) in [5, 5.41) is 15.0. The molecule has 59 heavy (non-hydrogen) atoms. The minimum absolute atomic E-state index is 0.0824. The van der Waals surface area contributed by atoms with E-state index in [2.05, 4.69) is 54.2 Å². The molecule has 3 aromatic rings. The Hall–Kier alpha value is -5.58. The largest absolute Gasteiger partial charge is 0.489 e. The van der Waals surface area contributed by atoms with E-state index in [1.54, 1.807) is 19.2 Å². The van der Waals surface area contributed by atoms with Gasteiger partial charge < -0.3 is 19.7 Å². The summed E-state index contributed by atoms with van der Waals surface area (Å²) in [7, 11) is 1.76. The standard InChI is InChI=1S/C46H52N6O7/c1-7-27-20-33(13-10-29(27)23-47)59-43-44(2,3)42(45(43,4)5)49-38(54)28-8-11-32(12-9-28)51-18-16-46(58-6,17-19-51)26-50-24-30-21-34-35(22-31(30)25-50)41(57)52(40(34)56)36-14-15-37(53)48-39(36)55/h8-13,20-22,36,42-43H,7,14-19,24-26H2,1-6H3,(H,49,54)(H,48,53,55)/t36?,42-,43-. The van der Waals surface area contributed by atoms with Crippen LogP contribution in [0.25, 0.3) is 0 Å². The number of aryl methyl sites for hydroxylation is 1. The first-order valence-corrected chi connectivity index (χ1v) is 20.6. The van der Waals surface area contributed by atoms with Crippen LogP contribution in [0.15, 0.2) is 54.6 Å². The first kappa shape index (κ1) is 40.2. The lowest BCUT2D eigenvalue weighted by Crippen LogP contribution is -2.74. The molecule has 13 nitrogen and oxygen atoms in total. The summed E-state index contributed by atoms with van der Waals surface area (Å²) in [5.41, 5.74) is 4.78. The van der Waals surface area contributed by atoms with Crippen LogP contribution < -0.4 is 20.3 Å². The molecule has 1 atom stereocenters. The Bertz CT molecular complexity index is 2230. The van der Waals surface area contributed by atoms with Crippen LogP contribution in [0.2, 0.25) is 0 Å². The van der Waals surface area contributed by atoms with Gasteiger partial charge in [-0.05, 0) is 97.0 Å². The molecule has 4 aliphatic heterocycles. The molecule has 2 N–H and O–H groups in total. The van der Waals surface area contributed by atoms with Crippen LogP contribution in [0, 0.1) is 22.2 Å². The number of carbonyl (C=O) groups is 5. The number of nitrogens with zero attached hydrogens (tertiary/aromatic N) is 4. The minimum Gasteiger partial charge on any atom is -0.489 e. The Morgan fingerprint density at radius 2 is 1.54 bits per heavy atom. The number of hydrogen-bond donors (Lipinski definition) is 2. The molecule has 1 saturated carbocycles. The fraction of sp³-hybridized carbons (Fsp3) is 0.478. The lowest BCUT2D eigenvalue weighted by Gasteiger charge is -2.63. The number of rotatable bonds is 10. The van der Waals surface area contributed by atoms with Crippen molar-refractivity contribution in [3.8, 4) is 11.8 Å². The monoisotopic (exact) mass is 800 g/mol. The van der Waals surface area contributed by atoms with Gasteiger partial charge in [-0.25, -0.2) is 0 Å². The van der Waals surface area contributed by atoms with E-state index in [0.717, 1.165) is 65.4 Å². The summed E-state index contributed by atoms with van der Waals surface area (Å²) in [6, 6.07) is 18.1. The molecular formula is C46H52N6O7. The molecule has 308 valence electrons. The lowest BCUT2D eigenvalue weighted by molar-refractivity contribution is -0.164. The number of nitrogens with one attached hydrogen (secondary N) is 2. The Balaban J connectivity index is 0.852. The van der Waals surface area contributed by atoms with Gasteiger partial charge in [0.15, 0.2) is 0 Å². The van der Waals surface area contributed by atoms with Crippen molar-refractivity contribution in [3.05, 3.63) is 93.5 Å². The van der Waals surface area contributed by atoms with E-state index in [-0.39, 0.29) is 47.3 Å². The maximum Gasteiger partial charge on any atom is 0.262 e. The highest BCUT2D eigenvalue weighted by Crippen LogP contribution is 2.55. The van der Waals surface area contributed by atoms with Gasteiger partial charge in [0.2, 0.25) is 11.8 Å². The molecule has 5 amide bonds. The quantitative estimate of drug-likeness (QED) is 0.263. The highest BCUT2D eigenvalue weighted by molar-refractivity contribution is 6.23. The van der Waals surface area contributed by atoms with E-state index in [0.29, 0.717) is 41.9 Å². The van der Waals surface area contributed by atoms with Crippen molar-refractivity contribution < 1.29 is 33.4 Å². The summed E-state index contributed by atoms with van der Waals surface area (Å²) in [6.45, 7) is 14.0. The molecule has 4 heterocycles. The van der Waals surface area contributed by atoms with E-state index < -0.39 is 29.7 Å². The van der Waals surface area contributed by atoms with Gasteiger partial charge in [0.05, 0.1) is 28.4 Å². The van der Waals surface area contributed by atoms with Crippen LogP contribution in [-0.2, 0) is 33.8 Å². The van der Waals surface area contributed by atoms with E-state index >= 15 is 0 Å². The van der Waals surface area contributed by atoms with Gasteiger partial charge in [0.1, 0.15) is 17.9 Å². The third-order valence-electron chi connectivity index (χ3n) is 13.6. The van der Waals surface area contributed by atoms with Crippen LogP contribution in [0.1, 0.15) is 114 Å². The molecule has 13 heteroatoms. The number of hydrogen-bond acceptors (Lipinski definition) is 10. The van der Waals surface area contributed by atoms with Gasteiger partial charge in [-0.2, -0.15) is 5.26 Å². The second-order valence-corrected chi connectivity index (χ2v) is 18.0. The van der Waals surface area contributed by atoms with Gasteiger partial charge in [-0.1, -0.05) is 34.6 Å². The number of methoxy groups -OCH3 is 1. The SMILES string of the molecule is CCc1cc(O[C@H]2C(C)(C)[C@H](NC(=O)c3ccc(N4CCC(CN5Cc6cc7c(cc6C5)C(=O)N(C5CCC(=O)NC5=O)C7=O)(OC)CC4)cc3)C2(C)C)ccc1C#N. The van der Waals surface area contributed by atoms with Gasteiger partial charge in [0.25, 0.3) is 17.7 Å². The highest BCUT2D eigenvalue weighted by atomic mass is 16.5. The zero-order valence-electron chi connectivity index (χ0n) is 34.6. The predicted molar refractivity (Wildman–Crippen MR) is 219 cm³/mol. The van der Waals surface area contributed by atoms with Crippen molar-refractivity contribution in [1.29, 1.82) is 5.26 Å². The maximum atomic E-state index is 13.6. The molecular weight excluding hydrogens is 749 g/mol. The number of piperidine rings is 2. The maximum absolute atomic E-state index is 13.6. The smallest absolute Gasteiger partial charge is 0.262 e. The van der Waals surface area contributed by atoms with Crippen LogP contribution in [0.4, 0.5) is 5.69 Å². The van der Waals surface area contributed by atoms with Crippen LogP contribution in [0.5, 0.6) is 5.75 Å². The first-order valence-electron chi connectivity index (χ1n) is 20.6. The van der Waals surface area contributed by atoms with E-state index in [4.69, 9.17) is 9.47 Å². The minimum atomic E-state index is -0.985. The summed E-state index contributed by atoms with van der Waals surface area (Å²) < 4.78 is 12.7. The highest BCUT2D eigenvalue weighted by Gasteiger charge is 2.64. The van der Waals surface area contributed by atoms with E-state index in [1.807, 2.05) is 49.4 Å². The number of amides is 5. The first-order chi connectivity index (χ1) is 28.1. The second-order valence-electron chi connectivity index (χ2n) is 18.0. The predicted octanol–water partition coefficient (Wildman–Crippen LogP) is 5.14. The van der Waals surface area contributed by atoms with Crippen LogP contribution >= 0.6 is 0 Å². The number of imide groups is 2. The van der Waals surface area contributed by atoms with Gasteiger partial charge in [0, 0.05) is 74.4 Å².